The Kier molecular flexibility index (Phi) is 2.92. The van der Waals surface area contributed by atoms with E-state index in [4.69, 9.17) is 5.41 Å². The number of hydrogen-bond donors (Lipinski definition) is 2. The first-order valence-electron chi connectivity index (χ1n) is 2.58. The van der Waals surface area contributed by atoms with Gasteiger partial charge in [0.05, 0.1) is 0 Å². The van der Waals surface area contributed by atoms with Crippen LogP contribution in [0, 0.1) is 5.41 Å². The summed E-state index contributed by atoms with van der Waals surface area (Å²) in [6, 6.07) is 0. The Bertz CT molecular complexity index is 114. The smallest absolute Gasteiger partial charge is 0.0300 e. The minimum atomic E-state index is 0.580. The van der Waals surface area contributed by atoms with Gasteiger partial charge >= 0.3 is 0 Å². The third-order valence-corrected chi connectivity index (χ3v) is 0.827. The normalized spacial score (nSPS) is 11.1. The van der Waals surface area contributed by atoms with E-state index in [9.17, 15) is 0 Å². The maximum atomic E-state index is 7.01. The number of allylic oxidation sites excluding steroid dienone is 2. The van der Waals surface area contributed by atoms with Crippen molar-refractivity contribution < 1.29 is 0 Å². The summed E-state index contributed by atoms with van der Waals surface area (Å²) in [6.07, 6.45) is 1.78. The molecule has 0 aromatic carbocycles. The van der Waals surface area contributed by atoms with Gasteiger partial charge in [0, 0.05) is 18.5 Å². The van der Waals surface area contributed by atoms with Crippen molar-refractivity contribution in [2.45, 2.75) is 13.8 Å². The highest BCUT2D eigenvalue weighted by atomic mass is 14.8. The van der Waals surface area contributed by atoms with Crippen LogP contribution in [-0.2, 0) is 0 Å². The fourth-order valence-electron chi connectivity index (χ4n) is 0.397. The second-order valence-electron chi connectivity index (χ2n) is 1.76. The predicted octanol–water partition coefficient (Wildman–Crippen LogP) is 1.15. The van der Waals surface area contributed by atoms with E-state index in [1.165, 1.54) is 0 Å². The van der Waals surface area contributed by atoms with Crippen molar-refractivity contribution in [1.82, 2.24) is 5.32 Å². The average Bonchev–Trinajstić information content (AvgIpc) is 1.65. The lowest BCUT2D eigenvalue weighted by atomic mass is 10.3. The third kappa shape index (κ3) is 3.40. The van der Waals surface area contributed by atoms with E-state index >= 15 is 0 Å². The van der Waals surface area contributed by atoms with Crippen LogP contribution >= 0.6 is 0 Å². The van der Waals surface area contributed by atoms with Crippen LogP contribution in [0.1, 0.15) is 13.8 Å². The van der Waals surface area contributed by atoms with Gasteiger partial charge in [0.25, 0.3) is 0 Å². The van der Waals surface area contributed by atoms with Crippen molar-refractivity contribution in [2.24, 2.45) is 0 Å². The number of nitrogens with one attached hydrogen (secondary N) is 2. The molecule has 8 heavy (non-hydrogen) atoms. The first-order chi connectivity index (χ1) is 3.66. The molecule has 0 aromatic heterocycles. The fourth-order valence-corrected chi connectivity index (χ4v) is 0.397. The Morgan fingerprint density at radius 2 is 2.00 bits per heavy atom. The van der Waals surface area contributed by atoms with Gasteiger partial charge in [0.2, 0.25) is 0 Å². The van der Waals surface area contributed by atoms with Gasteiger partial charge in [0.15, 0.2) is 0 Å². The summed E-state index contributed by atoms with van der Waals surface area (Å²) < 4.78 is 0. The molecular formula is C6H12N2. The van der Waals surface area contributed by atoms with Crippen molar-refractivity contribution in [1.29, 1.82) is 5.41 Å². The molecule has 2 N–H and O–H groups in total. The van der Waals surface area contributed by atoms with Gasteiger partial charge < -0.3 is 10.7 Å². The summed E-state index contributed by atoms with van der Waals surface area (Å²) in [4.78, 5) is 0. The third-order valence-electron chi connectivity index (χ3n) is 0.827. The molecule has 0 bridgehead atoms. The molecule has 0 heterocycles. The molecule has 0 aliphatic carbocycles. The first kappa shape index (κ1) is 7.21. The molecule has 2 heteroatoms. The second kappa shape index (κ2) is 3.24. The molecule has 0 amide bonds. The lowest BCUT2D eigenvalue weighted by Gasteiger charge is -1.94. The van der Waals surface area contributed by atoms with Crippen molar-refractivity contribution in [3.05, 3.63) is 11.8 Å². The number of rotatable bonds is 2. The summed E-state index contributed by atoms with van der Waals surface area (Å²) in [6.45, 7) is 3.68. The van der Waals surface area contributed by atoms with Crippen molar-refractivity contribution >= 4 is 5.71 Å². The molecule has 0 aliphatic rings. The van der Waals surface area contributed by atoms with Crippen LogP contribution in [0.15, 0.2) is 11.8 Å². The van der Waals surface area contributed by atoms with Gasteiger partial charge in [0.1, 0.15) is 0 Å². The van der Waals surface area contributed by atoms with E-state index in [-0.39, 0.29) is 0 Å². The molecule has 0 spiro atoms. The molecule has 0 fully saturated rings. The predicted molar refractivity (Wildman–Crippen MR) is 36.2 cm³/mol. The van der Waals surface area contributed by atoms with Crippen molar-refractivity contribution in [3.63, 3.8) is 0 Å². The van der Waals surface area contributed by atoms with E-state index in [1.54, 1.807) is 13.0 Å². The van der Waals surface area contributed by atoms with Crippen LogP contribution in [-0.4, -0.2) is 12.8 Å². The summed E-state index contributed by atoms with van der Waals surface area (Å²) in [5.41, 5.74) is 1.61. The van der Waals surface area contributed by atoms with Crippen LogP contribution < -0.4 is 5.32 Å². The van der Waals surface area contributed by atoms with E-state index in [0.29, 0.717) is 5.71 Å². The summed E-state index contributed by atoms with van der Waals surface area (Å²) in [5, 5.41) is 9.93. The van der Waals surface area contributed by atoms with Gasteiger partial charge in [-0.2, -0.15) is 0 Å². The maximum Gasteiger partial charge on any atom is 0.0300 e. The lowest BCUT2D eigenvalue weighted by Crippen LogP contribution is -2.02. The molecule has 0 atom stereocenters. The Balaban J connectivity index is 3.75. The quantitative estimate of drug-likeness (QED) is 0.516. The standard InChI is InChI=1S/C6H12N2/c1-5(7)4-6(2)8-3/h4,7-8H,1-3H3/b6-4-,7-5?. The monoisotopic (exact) mass is 112 g/mol. The Morgan fingerprint density at radius 3 is 2.12 bits per heavy atom. The molecule has 0 rings (SSSR count). The van der Waals surface area contributed by atoms with Crippen LogP contribution in [0.25, 0.3) is 0 Å². The topological polar surface area (TPSA) is 35.9 Å². The van der Waals surface area contributed by atoms with Crippen LogP contribution in [0.2, 0.25) is 0 Å². The fraction of sp³-hybridized carbons (Fsp3) is 0.500. The molecule has 0 saturated heterocycles. The summed E-state index contributed by atoms with van der Waals surface area (Å²) >= 11 is 0. The van der Waals surface area contributed by atoms with E-state index in [2.05, 4.69) is 5.32 Å². The summed E-state index contributed by atoms with van der Waals surface area (Å²) in [5.74, 6) is 0. The van der Waals surface area contributed by atoms with E-state index < -0.39 is 0 Å². The van der Waals surface area contributed by atoms with Gasteiger partial charge in [-0.15, -0.1) is 0 Å². The molecular weight excluding hydrogens is 100 g/mol. The average molecular weight is 112 g/mol. The van der Waals surface area contributed by atoms with Gasteiger partial charge in [-0.3, -0.25) is 0 Å². The largest absolute Gasteiger partial charge is 0.392 e. The van der Waals surface area contributed by atoms with Gasteiger partial charge in [-0.05, 0) is 19.9 Å². The zero-order valence-electron chi connectivity index (χ0n) is 5.58. The molecule has 0 radical (unpaired) electrons. The molecule has 0 aliphatic heterocycles. The molecule has 0 saturated carbocycles. The van der Waals surface area contributed by atoms with Crippen molar-refractivity contribution in [2.75, 3.05) is 7.05 Å². The number of hydrogen-bond acceptors (Lipinski definition) is 2. The SMILES string of the molecule is CN/C(C)=C\C(C)=N. The van der Waals surface area contributed by atoms with Crippen molar-refractivity contribution in [3.8, 4) is 0 Å². The van der Waals surface area contributed by atoms with E-state index in [0.717, 1.165) is 5.70 Å². The lowest BCUT2D eigenvalue weighted by molar-refractivity contribution is 0.992. The second-order valence-corrected chi connectivity index (χ2v) is 1.76. The van der Waals surface area contributed by atoms with Gasteiger partial charge in [-0.25, -0.2) is 0 Å². The van der Waals surface area contributed by atoms with Gasteiger partial charge in [-0.1, -0.05) is 0 Å². The highest BCUT2D eigenvalue weighted by Gasteiger charge is 1.80. The van der Waals surface area contributed by atoms with Crippen LogP contribution in [0.3, 0.4) is 0 Å². The zero-order chi connectivity index (χ0) is 6.57. The maximum absolute atomic E-state index is 7.01. The Morgan fingerprint density at radius 1 is 1.50 bits per heavy atom. The molecule has 0 aromatic rings. The summed E-state index contributed by atoms with van der Waals surface area (Å²) in [7, 11) is 1.84. The minimum Gasteiger partial charge on any atom is -0.392 e. The Hall–Kier alpha value is -0.790. The highest BCUT2D eigenvalue weighted by molar-refractivity contribution is 5.90. The van der Waals surface area contributed by atoms with E-state index in [1.807, 2.05) is 14.0 Å². The Labute approximate surface area is 50.1 Å². The molecule has 2 nitrogen and oxygen atoms in total. The molecule has 0 unspecified atom stereocenters. The first-order valence-corrected chi connectivity index (χ1v) is 2.58. The van der Waals surface area contributed by atoms with Crippen LogP contribution in [0.4, 0.5) is 0 Å². The molecule has 46 valence electrons. The van der Waals surface area contributed by atoms with Crippen LogP contribution in [0.5, 0.6) is 0 Å². The highest BCUT2D eigenvalue weighted by Crippen LogP contribution is 1.83. The minimum absolute atomic E-state index is 0.580. The zero-order valence-corrected chi connectivity index (χ0v) is 5.58.